The largest absolute Gasteiger partial charge is 0.205 e. The lowest BCUT2D eigenvalue weighted by Crippen LogP contribution is -1.93. The van der Waals surface area contributed by atoms with Crippen LogP contribution in [0.5, 0.6) is 0 Å². The van der Waals surface area contributed by atoms with Gasteiger partial charge in [-0.3, -0.25) is 0 Å². The highest BCUT2D eigenvalue weighted by atomic mass is 19.2. The molecule has 0 N–H and O–H groups in total. The van der Waals surface area contributed by atoms with E-state index in [0.29, 0.717) is 0 Å². The van der Waals surface area contributed by atoms with Crippen molar-refractivity contribution in [2.24, 2.45) is 0 Å². The van der Waals surface area contributed by atoms with Crippen LogP contribution in [0, 0.1) is 52.8 Å². The molecule has 0 aliphatic rings. The molecule has 0 fully saturated rings. The molecule has 36 heavy (non-hydrogen) atoms. The van der Waals surface area contributed by atoms with Gasteiger partial charge in [0.2, 0.25) is 0 Å². The van der Waals surface area contributed by atoms with Crippen molar-refractivity contribution in [2.45, 2.75) is 19.8 Å². The van der Waals surface area contributed by atoms with Crippen molar-refractivity contribution >= 4 is 10.8 Å². The topological polar surface area (TPSA) is 0 Å². The third-order valence-corrected chi connectivity index (χ3v) is 5.49. The van der Waals surface area contributed by atoms with E-state index in [9.17, 15) is 22.0 Å². The highest BCUT2D eigenvalue weighted by Gasteiger charge is 2.13. The van der Waals surface area contributed by atoms with Gasteiger partial charge in [0.05, 0.1) is 5.56 Å². The van der Waals surface area contributed by atoms with Crippen molar-refractivity contribution in [3.05, 3.63) is 130 Å². The van der Waals surface area contributed by atoms with E-state index >= 15 is 0 Å². The molecule has 0 bridgehead atoms. The molecular weight excluding hydrogens is 467 g/mol. The maximum Gasteiger partial charge on any atom is 0.195 e. The van der Waals surface area contributed by atoms with Crippen LogP contribution in [0.3, 0.4) is 0 Å². The molecule has 0 aliphatic carbocycles. The molecule has 0 aromatic heterocycles. The zero-order valence-electron chi connectivity index (χ0n) is 19.2. The highest BCUT2D eigenvalue weighted by molar-refractivity contribution is 5.84. The van der Waals surface area contributed by atoms with Gasteiger partial charge in [-0.25, -0.2) is 22.0 Å². The number of hydrogen-bond acceptors (Lipinski definition) is 0. The lowest BCUT2D eigenvalue weighted by atomic mass is 10.0. The second-order valence-electron chi connectivity index (χ2n) is 8.04. The number of fused-ring (bicyclic) bond motifs is 1. The Hall–Kier alpha value is -4.35. The number of aryl methyl sites for hydroxylation is 1. The molecule has 0 aliphatic heterocycles. The molecule has 4 aromatic carbocycles. The minimum absolute atomic E-state index is 0.0793. The van der Waals surface area contributed by atoms with Crippen LogP contribution in [0.15, 0.2) is 72.8 Å². The Morgan fingerprint density at radius 1 is 0.639 bits per heavy atom. The van der Waals surface area contributed by atoms with Gasteiger partial charge in [0.15, 0.2) is 17.5 Å². The van der Waals surface area contributed by atoms with Gasteiger partial charge in [-0.05, 0) is 73.2 Å². The molecule has 0 nitrogen and oxygen atoms in total. The van der Waals surface area contributed by atoms with Crippen molar-refractivity contribution in [1.29, 1.82) is 0 Å². The summed E-state index contributed by atoms with van der Waals surface area (Å²) in [6, 6.07) is 14.6. The van der Waals surface area contributed by atoms with Gasteiger partial charge in [0.25, 0.3) is 0 Å². The van der Waals surface area contributed by atoms with Crippen LogP contribution in [0.2, 0.25) is 0 Å². The summed E-state index contributed by atoms with van der Waals surface area (Å²) < 4.78 is 70.0. The number of rotatable bonds is 3. The normalized spacial score (nSPS) is 10.7. The van der Waals surface area contributed by atoms with Crippen molar-refractivity contribution in [2.75, 3.05) is 0 Å². The van der Waals surface area contributed by atoms with Crippen LogP contribution in [0.4, 0.5) is 22.0 Å². The van der Waals surface area contributed by atoms with E-state index in [1.165, 1.54) is 23.8 Å². The van der Waals surface area contributed by atoms with Crippen molar-refractivity contribution < 1.29 is 22.0 Å². The summed E-state index contributed by atoms with van der Waals surface area (Å²) in [6.45, 7) is 1.98. The molecule has 0 saturated carbocycles. The molecule has 0 spiro atoms. The Morgan fingerprint density at radius 3 is 1.97 bits per heavy atom. The maximum atomic E-state index is 14.6. The number of hydrogen-bond donors (Lipinski definition) is 0. The zero-order chi connectivity index (χ0) is 25.7. The molecule has 0 saturated heterocycles. The molecule has 4 aromatic rings. The predicted octanol–water partition coefficient (Wildman–Crippen LogP) is 7.84. The second-order valence-corrected chi connectivity index (χ2v) is 8.04. The van der Waals surface area contributed by atoms with Crippen molar-refractivity contribution in [3.8, 4) is 23.7 Å². The van der Waals surface area contributed by atoms with Crippen molar-refractivity contribution in [1.82, 2.24) is 0 Å². The Kier molecular flexibility index (Phi) is 7.52. The summed E-state index contributed by atoms with van der Waals surface area (Å²) in [7, 11) is 0. The Balaban J connectivity index is 1.55. The van der Waals surface area contributed by atoms with Crippen LogP contribution in [-0.2, 0) is 6.42 Å². The van der Waals surface area contributed by atoms with Crippen LogP contribution < -0.4 is 0 Å². The minimum atomic E-state index is -1.56. The van der Waals surface area contributed by atoms with E-state index in [-0.39, 0.29) is 21.9 Å². The number of halogens is 5. The molecule has 0 atom stereocenters. The van der Waals surface area contributed by atoms with Crippen LogP contribution in [0.25, 0.3) is 10.8 Å². The van der Waals surface area contributed by atoms with Gasteiger partial charge in [0.1, 0.15) is 11.6 Å². The van der Waals surface area contributed by atoms with Crippen molar-refractivity contribution in [3.63, 3.8) is 0 Å². The van der Waals surface area contributed by atoms with Crippen LogP contribution in [-0.4, -0.2) is 0 Å². The fraction of sp³-hybridized carbons (Fsp3) is 0.0968. The zero-order valence-corrected chi connectivity index (χ0v) is 19.2. The second kappa shape index (κ2) is 10.9. The average Bonchev–Trinajstić information content (AvgIpc) is 2.86. The molecule has 0 radical (unpaired) electrons. The Bertz CT molecular complexity index is 1570. The summed E-state index contributed by atoms with van der Waals surface area (Å²) in [5, 5.41) is -0.0429. The lowest BCUT2D eigenvalue weighted by molar-refractivity contribution is 0.453. The third kappa shape index (κ3) is 5.65. The highest BCUT2D eigenvalue weighted by Crippen LogP contribution is 2.24. The first-order valence-corrected chi connectivity index (χ1v) is 11.2. The molecule has 4 rings (SSSR count). The number of allylic oxidation sites excluding steroid dienone is 2. The van der Waals surface area contributed by atoms with E-state index in [1.54, 1.807) is 0 Å². The SMILES string of the molecule is C/C=C/CCc1ccc(C#Cc2cc(F)c(C#Cc3ccc4c(F)c(F)c(F)cc4c3)c(F)c2)cc1. The maximum absolute atomic E-state index is 14.6. The number of benzene rings is 4. The van der Waals surface area contributed by atoms with Gasteiger partial charge >= 0.3 is 0 Å². The minimum Gasteiger partial charge on any atom is -0.205 e. The molecule has 5 heteroatoms. The third-order valence-electron chi connectivity index (χ3n) is 5.49. The Labute approximate surface area is 206 Å². The molecular formula is C31H19F5. The summed E-state index contributed by atoms with van der Waals surface area (Å²) in [6.07, 6.45) is 5.97. The smallest absolute Gasteiger partial charge is 0.195 e. The van der Waals surface area contributed by atoms with Gasteiger partial charge < -0.3 is 0 Å². The van der Waals surface area contributed by atoms with Crippen LogP contribution in [0.1, 0.15) is 41.2 Å². The fourth-order valence-electron chi connectivity index (χ4n) is 3.60. The first-order valence-electron chi connectivity index (χ1n) is 11.2. The summed E-state index contributed by atoms with van der Waals surface area (Å²) >= 11 is 0. The van der Waals surface area contributed by atoms with E-state index in [1.807, 2.05) is 37.3 Å². The van der Waals surface area contributed by atoms with Gasteiger partial charge in [0, 0.05) is 22.1 Å². The summed E-state index contributed by atoms with van der Waals surface area (Å²) in [5.74, 6) is 4.68. The summed E-state index contributed by atoms with van der Waals surface area (Å²) in [4.78, 5) is 0. The van der Waals surface area contributed by atoms with Gasteiger partial charge in [-0.2, -0.15) is 0 Å². The lowest BCUT2D eigenvalue weighted by Gasteiger charge is -2.03. The van der Waals surface area contributed by atoms with E-state index in [4.69, 9.17) is 0 Å². The first-order chi connectivity index (χ1) is 17.4. The van der Waals surface area contributed by atoms with E-state index in [0.717, 1.165) is 36.6 Å². The molecule has 0 heterocycles. The molecule has 0 unspecified atom stereocenters. The summed E-state index contributed by atoms with van der Waals surface area (Å²) in [5.41, 5.74) is 1.85. The first kappa shape index (κ1) is 24.8. The Morgan fingerprint density at radius 2 is 1.28 bits per heavy atom. The van der Waals surface area contributed by atoms with Gasteiger partial charge in [-0.15, -0.1) is 0 Å². The average molecular weight is 486 g/mol. The molecule has 178 valence electrons. The van der Waals surface area contributed by atoms with Crippen LogP contribution >= 0.6 is 0 Å². The van der Waals surface area contributed by atoms with E-state index < -0.39 is 34.6 Å². The standard InChI is InChI=1S/C31H19F5/c1-2-3-4-5-20-6-8-21(9-7-20)10-11-23-17-27(32)26(28(33)18-23)15-13-22-12-14-25-24(16-22)19-29(34)31(36)30(25)35/h2-3,6-9,12,14,16-19H,4-5H2,1H3/b3-2+. The molecule has 0 amide bonds. The van der Waals surface area contributed by atoms with E-state index in [2.05, 4.69) is 29.8 Å². The van der Waals surface area contributed by atoms with Gasteiger partial charge in [-0.1, -0.05) is 54.0 Å². The monoisotopic (exact) mass is 486 g/mol. The fourth-order valence-corrected chi connectivity index (χ4v) is 3.60. The quantitative estimate of drug-likeness (QED) is 0.120. The predicted molar refractivity (Wildman–Crippen MR) is 132 cm³/mol.